The van der Waals surface area contributed by atoms with E-state index >= 15 is 0 Å². The topological polar surface area (TPSA) is 110 Å². The number of nitroso groups, excluding NO2 is 1. The molecule has 0 spiro atoms. The van der Waals surface area contributed by atoms with Gasteiger partial charge in [-0.1, -0.05) is 16.8 Å². The molecule has 0 saturated heterocycles. The van der Waals surface area contributed by atoms with Gasteiger partial charge in [0.15, 0.2) is 15.7 Å². The standard InChI is InChI=1S/C20H22BrClN4O4S/c1-31(29,30)17-8-7-15(10-16(17)22)26(19-12-23-18(21)11-24-19)20(27)9-4-13-2-5-14(25-28)6-3-13/h7-8,10-14H,2-6,9H2,1H3. The van der Waals surface area contributed by atoms with Crippen molar-refractivity contribution < 1.29 is 13.2 Å². The molecule has 0 N–H and O–H groups in total. The normalized spacial score (nSPS) is 19.1. The number of benzene rings is 1. The zero-order valence-corrected chi connectivity index (χ0v) is 20.0. The number of carbonyl (C=O) groups excluding carboxylic acids is 1. The molecule has 1 aromatic carbocycles. The summed E-state index contributed by atoms with van der Waals surface area (Å²) in [5.41, 5.74) is 0.410. The SMILES string of the molecule is CS(=O)(=O)c1ccc(N(C(=O)CCC2CCC(N=O)CC2)c2cnc(Br)cn2)cc1Cl. The van der Waals surface area contributed by atoms with Crippen molar-refractivity contribution in [3.63, 3.8) is 0 Å². The van der Waals surface area contributed by atoms with E-state index in [0.29, 0.717) is 28.4 Å². The van der Waals surface area contributed by atoms with Crippen LogP contribution < -0.4 is 4.90 Å². The minimum Gasteiger partial charge on any atom is -0.274 e. The molecule has 0 unspecified atom stereocenters. The van der Waals surface area contributed by atoms with Gasteiger partial charge in [0.25, 0.3) is 0 Å². The van der Waals surface area contributed by atoms with Gasteiger partial charge in [0.05, 0.1) is 34.0 Å². The lowest BCUT2D eigenvalue weighted by atomic mass is 9.83. The van der Waals surface area contributed by atoms with Gasteiger partial charge < -0.3 is 0 Å². The monoisotopic (exact) mass is 528 g/mol. The Morgan fingerprint density at radius 1 is 1.23 bits per heavy atom. The first-order valence-electron chi connectivity index (χ1n) is 9.81. The Morgan fingerprint density at radius 3 is 2.48 bits per heavy atom. The van der Waals surface area contributed by atoms with E-state index in [0.717, 1.165) is 31.9 Å². The van der Waals surface area contributed by atoms with Crippen LogP contribution in [-0.2, 0) is 14.6 Å². The molecular weight excluding hydrogens is 508 g/mol. The first-order valence-corrected chi connectivity index (χ1v) is 12.9. The fraction of sp³-hybridized carbons (Fsp3) is 0.450. The number of sulfone groups is 1. The molecule has 1 heterocycles. The Hall–Kier alpha value is -1.91. The van der Waals surface area contributed by atoms with Crippen molar-refractivity contribution >= 4 is 54.8 Å². The van der Waals surface area contributed by atoms with Crippen molar-refractivity contribution in [2.45, 2.75) is 49.5 Å². The Labute approximate surface area is 194 Å². The molecule has 1 amide bonds. The quantitative estimate of drug-likeness (QED) is 0.463. The summed E-state index contributed by atoms with van der Waals surface area (Å²) in [7, 11) is -3.50. The predicted molar refractivity (Wildman–Crippen MR) is 122 cm³/mol. The average Bonchev–Trinajstić information content (AvgIpc) is 2.73. The molecule has 166 valence electrons. The van der Waals surface area contributed by atoms with E-state index in [1.807, 2.05) is 0 Å². The van der Waals surface area contributed by atoms with Gasteiger partial charge in [-0.15, -0.1) is 0 Å². The molecule has 0 bridgehead atoms. The third-order valence-corrected chi connectivity index (χ3v) is 7.38. The highest BCUT2D eigenvalue weighted by Gasteiger charge is 2.26. The molecule has 0 atom stereocenters. The Balaban J connectivity index is 1.83. The largest absolute Gasteiger partial charge is 0.274 e. The number of halogens is 2. The molecule has 1 aliphatic rings. The Morgan fingerprint density at radius 2 is 1.94 bits per heavy atom. The number of carbonyl (C=O) groups is 1. The second-order valence-electron chi connectivity index (χ2n) is 7.63. The smallest absolute Gasteiger partial charge is 0.232 e. The third-order valence-electron chi connectivity index (χ3n) is 5.39. The fourth-order valence-electron chi connectivity index (χ4n) is 3.73. The summed E-state index contributed by atoms with van der Waals surface area (Å²) in [6.45, 7) is 0. The molecule has 31 heavy (non-hydrogen) atoms. The molecule has 2 aromatic rings. The lowest BCUT2D eigenvalue weighted by Crippen LogP contribution is -2.28. The molecule has 8 nitrogen and oxygen atoms in total. The maximum atomic E-state index is 13.2. The van der Waals surface area contributed by atoms with Crippen LogP contribution in [0.2, 0.25) is 5.02 Å². The van der Waals surface area contributed by atoms with Crippen LogP contribution in [0.5, 0.6) is 0 Å². The molecule has 1 saturated carbocycles. The number of nitrogens with zero attached hydrogens (tertiary/aromatic N) is 4. The maximum Gasteiger partial charge on any atom is 0.232 e. The fourth-order valence-corrected chi connectivity index (χ4v) is 5.26. The van der Waals surface area contributed by atoms with Crippen LogP contribution in [0.3, 0.4) is 0 Å². The van der Waals surface area contributed by atoms with Crippen LogP contribution in [0, 0.1) is 10.8 Å². The van der Waals surface area contributed by atoms with Crippen LogP contribution >= 0.6 is 27.5 Å². The number of hydrogen-bond acceptors (Lipinski definition) is 7. The Bertz CT molecular complexity index is 1060. The van der Waals surface area contributed by atoms with Gasteiger partial charge in [-0.3, -0.25) is 9.69 Å². The highest BCUT2D eigenvalue weighted by molar-refractivity contribution is 9.10. The van der Waals surface area contributed by atoms with Gasteiger partial charge in [-0.2, -0.15) is 4.91 Å². The summed E-state index contributed by atoms with van der Waals surface area (Å²) in [5, 5.41) is 3.15. The number of aromatic nitrogens is 2. The van der Waals surface area contributed by atoms with Crippen LogP contribution in [-0.4, -0.2) is 36.6 Å². The van der Waals surface area contributed by atoms with E-state index in [9.17, 15) is 18.1 Å². The first-order chi connectivity index (χ1) is 14.7. The van der Waals surface area contributed by atoms with Crippen molar-refractivity contribution in [1.82, 2.24) is 9.97 Å². The number of rotatable bonds is 7. The van der Waals surface area contributed by atoms with E-state index in [1.54, 1.807) is 0 Å². The summed E-state index contributed by atoms with van der Waals surface area (Å²) in [6.07, 6.45) is 8.23. The van der Waals surface area contributed by atoms with Gasteiger partial charge in [0, 0.05) is 12.7 Å². The summed E-state index contributed by atoms with van der Waals surface area (Å²) in [4.78, 5) is 33.7. The molecule has 1 aliphatic carbocycles. The van der Waals surface area contributed by atoms with Crippen molar-refractivity contribution in [3.8, 4) is 0 Å². The molecule has 1 aromatic heterocycles. The first kappa shape index (κ1) is 23.7. The lowest BCUT2D eigenvalue weighted by Gasteiger charge is -2.26. The van der Waals surface area contributed by atoms with Crippen molar-refractivity contribution in [2.75, 3.05) is 11.2 Å². The molecule has 3 rings (SSSR count). The molecular formula is C20H22BrClN4O4S. The second-order valence-corrected chi connectivity index (χ2v) is 10.8. The summed E-state index contributed by atoms with van der Waals surface area (Å²) >= 11 is 9.44. The van der Waals surface area contributed by atoms with Crippen molar-refractivity contribution in [1.29, 1.82) is 0 Å². The number of anilines is 2. The van der Waals surface area contributed by atoms with E-state index < -0.39 is 9.84 Å². The van der Waals surface area contributed by atoms with Gasteiger partial charge in [-0.05, 0) is 72.2 Å². The highest BCUT2D eigenvalue weighted by Crippen LogP contribution is 2.33. The summed E-state index contributed by atoms with van der Waals surface area (Å²) in [5.74, 6) is 0.469. The zero-order valence-electron chi connectivity index (χ0n) is 16.9. The van der Waals surface area contributed by atoms with Gasteiger partial charge in [0.2, 0.25) is 5.91 Å². The van der Waals surface area contributed by atoms with Gasteiger partial charge >= 0.3 is 0 Å². The molecule has 0 radical (unpaired) electrons. The molecule has 1 fully saturated rings. The second kappa shape index (κ2) is 10.1. The van der Waals surface area contributed by atoms with E-state index in [1.165, 1.54) is 35.5 Å². The van der Waals surface area contributed by atoms with E-state index in [4.69, 9.17) is 11.6 Å². The van der Waals surface area contributed by atoms with Crippen LogP contribution in [0.4, 0.5) is 11.5 Å². The molecule has 11 heteroatoms. The van der Waals surface area contributed by atoms with E-state index in [-0.39, 0.29) is 28.3 Å². The third kappa shape index (κ3) is 6.08. The minimum atomic E-state index is -3.50. The lowest BCUT2D eigenvalue weighted by molar-refractivity contribution is -0.118. The van der Waals surface area contributed by atoms with Crippen molar-refractivity contribution in [3.05, 3.63) is 45.1 Å². The predicted octanol–water partition coefficient (Wildman–Crippen LogP) is 5.07. The summed E-state index contributed by atoms with van der Waals surface area (Å²) < 4.78 is 24.3. The Kier molecular flexibility index (Phi) is 7.77. The van der Waals surface area contributed by atoms with Crippen LogP contribution in [0.25, 0.3) is 0 Å². The van der Waals surface area contributed by atoms with Crippen LogP contribution in [0.1, 0.15) is 38.5 Å². The van der Waals surface area contributed by atoms with Crippen LogP contribution in [0.15, 0.2) is 45.3 Å². The van der Waals surface area contributed by atoms with Gasteiger partial charge in [0.1, 0.15) is 4.60 Å². The average molecular weight is 530 g/mol. The zero-order chi connectivity index (χ0) is 22.6. The number of hydrogen-bond donors (Lipinski definition) is 0. The molecule has 0 aliphatic heterocycles. The van der Waals surface area contributed by atoms with Crippen molar-refractivity contribution in [2.24, 2.45) is 11.1 Å². The highest BCUT2D eigenvalue weighted by atomic mass is 79.9. The summed E-state index contributed by atoms with van der Waals surface area (Å²) in [6, 6.07) is 4.25. The van der Waals surface area contributed by atoms with E-state index in [2.05, 4.69) is 31.1 Å². The minimum absolute atomic E-state index is 0.00671. The van der Waals surface area contributed by atoms with Gasteiger partial charge in [-0.25, -0.2) is 18.4 Å². The number of amides is 1. The maximum absolute atomic E-state index is 13.2.